The van der Waals surface area contributed by atoms with Gasteiger partial charge in [-0.25, -0.2) is 0 Å². The maximum absolute atomic E-state index is 11.0. The van der Waals surface area contributed by atoms with Crippen LogP contribution < -0.4 is 56.5 Å². The second-order valence-corrected chi connectivity index (χ2v) is 1.54. The molecule has 0 saturated heterocycles. The van der Waals surface area contributed by atoms with Crippen LogP contribution >= 0.6 is 0 Å². The van der Waals surface area contributed by atoms with Gasteiger partial charge in [-0.15, -0.1) is 0 Å². The third kappa shape index (κ3) is 17.7. The molecule has 0 heterocycles. The van der Waals surface area contributed by atoms with Crippen LogP contribution in [-0.4, -0.2) is 5.97 Å². The second-order valence-electron chi connectivity index (χ2n) is 1.54. The fourth-order valence-electron chi connectivity index (χ4n) is 0.301. The van der Waals surface area contributed by atoms with Crippen LogP contribution in [-0.2, 0) is 4.79 Å². The standard InChI is InChI=1S/C12H24O2.K/c1-2-3-4-5-6-7-8-9-10-11-12(13)14;/h2-11H2,1H3,(H,13,14);/q;+1/p-1/i1D3,2D2,3D2,4D2,5D2,6D2,7D2,8D2,9D2,10D2,11D2;. The molecule has 0 aliphatic rings. The zero-order valence-corrected chi connectivity index (χ0v) is 10.9. The van der Waals surface area contributed by atoms with Crippen molar-refractivity contribution in [3.05, 3.63) is 0 Å². The molecule has 0 atom stereocenters. The summed E-state index contributed by atoms with van der Waals surface area (Å²) in [5.74, 6) is -2.92. The Kier molecular flexibility index (Phi) is 2.69. The van der Waals surface area contributed by atoms with Gasteiger partial charge in [-0.2, -0.15) is 0 Å². The molecule has 0 spiro atoms. The maximum Gasteiger partial charge on any atom is 1.00 e. The first kappa shape index (κ1) is 2.67. The van der Waals surface area contributed by atoms with E-state index in [-0.39, 0.29) is 51.4 Å². The van der Waals surface area contributed by atoms with E-state index in [1.807, 2.05) is 0 Å². The van der Waals surface area contributed by atoms with E-state index < -0.39 is 76.6 Å². The minimum absolute atomic E-state index is 0. The topological polar surface area (TPSA) is 40.1 Å². The number of aliphatic carboxylic acids is 1. The molecule has 0 unspecified atom stereocenters. The van der Waals surface area contributed by atoms with E-state index in [4.69, 9.17) is 31.5 Å². The van der Waals surface area contributed by atoms with Crippen LogP contribution in [0.4, 0.5) is 0 Å². The van der Waals surface area contributed by atoms with Gasteiger partial charge in [0.1, 0.15) is 0 Å². The zero-order chi connectivity index (χ0) is 31.1. The van der Waals surface area contributed by atoms with Gasteiger partial charge in [0.15, 0.2) is 0 Å². The summed E-state index contributed by atoms with van der Waals surface area (Å²) in [5, 5.41) is 11.0. The van der Waals surface area contributed by atoms with Gasteiger partial charge in [0.05, 0.1) is 0 Å². The van der Waals surface area contributed by atoms with Gasteiger partial charge in [0.25, 0.3) is 0 Å². The molecule has 0 amide bonds. The Balaban J connectivity index is 0. The van der Waals surface area contributed by atoms with Gasteiger partial charge in [0.2, 0.25) is 0 Å². The molecule has 0 aliphatic carbocycles. The molecule has 0 fully saturated rings. The average Bonchev–Trinajstić information content (AvgIpc) is 2.65. The predicted octanol–water partition coefficient (Wildman–Crippen LogP) is -0.339. The fourth-order valence-corrected chi connectivity index (χ4v) is 0.301. The Hall–Kier alpha value is 1.11. The summed E-state index contributed by atoms with van der Waals surface area (Å²) >= 11 is 0. The Morgan fingerprint density at radius 2 is 1.53 bits per heavy atom. The summed E-state index contributed by atoms with van der Waals surface area (Å²) in [6.07, 6.45) is -46.3. The third-order valence-corrected chi connectivity index (χ3v) is 0.665. The average molecular weight is 262 g/mol. The Morgan fingerprint density at radius 1 is 1.07 bits per heavy atom. The van der Waals surface area contributed by atoms with Crippen LogP contribution in [0.25, 0.3) is 0 Å². The second kappa shape index (κ2) is 15.1. The van der Waals surface area contributed by atoms with Crippen molar-refractivity contribution in [3.63, 3.8) is 0 Å². The molecule has 0 aromatic rings. The number of carbonyl (C=O) groups excluding carboxylic acids is 1. The first-order chi connectivity index (χ1) is 15.4. The van der Waals surface area contributed by atoms with Crippen molar-refractivity contribution in [3.8, 4) is 0 Å². The summed E-state index contributed by atoms with van der Waals surface area (Å²) < 4.78 is 176. The SMILES string of the molecule is [2H]C([2H])([2H])C([2H])([2H])C([2H])([2H])C([2H])([2H])C([2H])([2H])C([2H])([2H])C([2H])([2H])C([2H])([2H])C([2H])([2H])C([2H])([2H])C([2H])([2H])C(=O)[O-].[K+]. The van der Waals surface area contributed by atoms with E-state index >= 15 is 0 Å². The largest absolute Gasteiger partial charge is 1.00 e. The minimum Gasteiger partial charge on any atom is -0.550 e. The van der Waals surface area contributed by atoms with E-state index in [9.17, 15) is 9.90 Å². The molecule has 0 N–H and O–H groups in total. The number of carbonyl (C=O) groups is 1. The summed E-state index contributed by atoms with van der Waals surface area (Å²) in [5.41, 5.74) is 0. The van der Waals surface area contributed by atoms with Crippen LogP contribution in [0, 0.1) is 0 Å². The molecule has 0 aromatic carbocycles. The molecule has 15 heavy (non-hydrogen) atoms. The maximum atomic E-state index is 11.0. The van der Waals surface area contributed by atoms with Crippen molar-refractivity contribution >= 4 is 5.97 Å². The van der Waals surface area contributed by atoms with Crippen LogP contribution in [0.3, 0.4) is 0 Å². The van der Waals surface area contributed by atoms with Crippen LogP contribution in [0.15, 0.2) is 0 Å². The number of rotatable bonds is 10. The van der Waals surface area contributed by atoms with E-state index in [1.54, 1.807) is 0 Å². The summed E-state index contributed by atoms with van der Waals surface area (Å²) in [6.45, 7) is -4.00. The molecule has 0 saturated carbocycles. The molecular weight excluding hydrogens is 215 g/mol. The third-order valence-electron chi connectivity index (χ3n) is 0.665. The fraction of sp³-hybridized carbons (Fsp3) is 0.917. The van der Waals surface area contributed by atoms with E-state index in [1.165, 1.54) is 0 Å². The van der Waals surface area contributed by atoms with Crippen molar-refractivity contribution < 1.29 is 92.8 Å². The first-order valence-corrected chi connectivity index (χ1v) is 3.16. The van der Waals surface area contributed by atoms with E-state index in [0.717, 1.165) is 0 Å². The smallest absolute Gasteiger partial charge is 0.550 e. The Bertz CT molecular complexity index is 885. The molecule has 0 aliphatic heterocycles. The van der Waals surface area contributed by atoms with Gasteiger partial charge in [-0.3, -0.25) is 0 Å². The monoisotopic (exact) mass is 261 g/mol. The zero-order valence-electron chi connectivity index (χ0n) is 30.8. The van der Waals surface area contributed by atoms with Gasteiger partial charge in [-0.05, 0) is 12.7 Å². The normalized spacial score (nSPS) is 42.8. The molecule has 2 nitrogen and oxygen atoms in total. The van der Waals surface area contributed by atoms with Crippen molar-refractivity contribution in [2.24, 2.45) is 0 Å². The number of hydrogen-bond acceptors (Lipinski definition) is 2. The van der Waals surface area contributed by atoms with Gasteiger partial charge >= 0.3 is 51.4 Å². The Labute approximate surface area is 169 Å². The van der Waals surface area contributed by atoms with E-state index in [2.05, 4.69) is 0 Å². The molecule has 0 bridgehead atoms. The van der Waals surface area contributed by atoms with Crippen molar-refractivity contribution in [1.29, 1.82) is 0 Å². The quantitative estimate of drug-likeness (QED) is 0.505. The summed E-state index contributed by atoms with van der Waals surface area (Å²) in [4.78, 5) is 11.0. The Morgan fingerprint density at radius 3 is 2.00 bits per heavy atom. The van der Waals surface area contributed by atoms with Gasteiger partial charge in [0, 0.05) is 37.5 Å². The van der Waals surface area contributed by atoms with E-state index in [0.29, 0.717) is 0 Å². The van der Waals surface area contributed by atoms with Crippen molar-refractivity contribution in [2.45, 2.75) is 70.6 Å². The number of carboxylic acid groups (broad SMARTS) is 1. The number of carboxylic acids is 1. The molecular formula is C12H23KO2. The molecule has 0 radical (unpaired) electrons. The predicted molar refractivity (Wildman–Crippen MR) is 56.9 cm³/mol. The minimum atomic E-state index is -4.82. The molecule has 0 aromatic heterocycles. The molecule has 84 valence electrons. The van der Waals surface area contributed by atoms with Crippen LogP contribution in [0.2, 0.25) is 0 Å². The molecule has 3 heteroatoms. The van der Waals surface area contributed by atoms with Gasteiger partial charge < -0.3 is 9.90 Å². The summed E-state index contributed by atoms with van der Waals surface area (Å²) in [7, 11) is 0. The van der Waals surface area contributed by atoms with Crippen LogP contribution in [0.5, 0.6) is 0 Å². The summed E-state index contributed by atoms with van der Waals surface area (Å²) in [6, 6.07) is 0. The number of hydrogen-bond donors (Lipinski definition) is 0. The van der Waals surface area contributed by atoms with Crippen molar-refractivity contribution in [1.82, 2.24) is 0 Å². The molecule has 0 rings (SSSR count). The van der Waals surface area contributed by atoms with Crippen molar-refractivity contribution in [2.75, 3.05) is 0 Å². The van der Waals surface area contributed by atoms with Gasteiger partial charge in [-0.1, -0.05) is 57.8 Å². The first-order valence-electron chi connectivity index (χ1n) is 14.7. The van der Waals surface area contributed by atoms with Crippen LogP contribution in [0.1, 0.15) is 102 Å².